The van der Waals surface area contributed by atoms with Crippen molar-refractivity contribution < 1.29 is 0 Å². The zero-order valence-electron chi connectivity index (χ0n) is 13.2. The number of piperidine rings is 1. The lowest BCUT2D eigenvalue weighted by Crippen LogP contribution is -2.33. The quantitative estimate of drug-likeness (QED) is 0.841. The van der Waals surface area contributed by atoms with Crippen LogP contribution in [-0.4, -0.2) is 18.0 Å². The van der Waals surface area contributed by atoms with Gasteiger partial charge in [0.1, 0.15) is 0 Å². The molecule has 2 nitrogen and oxygen atoms in total. The number of nitrogen functional groups attached to an aromatic ring is 1. The van der Waals surface area contributed by atoms with Crippen molar-refractivity contribution in [2.24, 2.45) is 5.92 Å². The van der Waals surface area contributed by atoms with Crippen LogP contribution in [0.2, 0.25) is 0 Å². The van der Waals surface area contributed by atoms with Crippen molar-refractivity contribution in [1.29, 1.82) is 0 Å². The summed E-state index contributed by atoms with van der Waals surface area (Å²) in [5.74, 6) is 0.892. The van der Waals surface area contributed by atoms with E-state index < -0.39 is 0 Å². The number of hydrogen-bond donors (Lipinski definition) is 1. The highest BCUT2D eigenvalue weighted by Crippen LogP contribution is 2.23. The number of hydrogen-bond acceptors (Lipinski definition) is 2. The van der Waals surface area contributed by atoms with Crippen molar-refractivity contribution in [2.45, 2.75) is 32.2 Å². The molecule has 0 atom stereocenters. The Balaban J connectivity index is 1.41. The van der Waals surface area contributed by atoms with Crippen molar-refractivity contribution in [2.75, 3.05) is 18.8 Å². The van der Waals surface area contributed by atoms with Gasteiger partial charge in [-0.2, -0.15) is 0 Å². The van der Waals surface area contributed by atoms with Crippen molar-refractivity contribution in [3.63, 3.8) is 0 Å². The monoisotopic (exact) mass is 294 g/mol. The minimum Gasteiger partial charge on any atom is -0.399 e. The van der Waals surface area contributed by atoms with Gasteiger partial charge in [-0.3, -0.25) is 4.90 Å². The molecule has 116 valence electrons. The second-order valence-electron chi connectivity index (χ2n) is 6.49. The number of aryl methyl sites for hydroxylation is 1. The van der Waals surface area contributed by atoms with Gasteiger partial charge >= 0.3 is 0 Å². The summed E-state index contributed by atoms with van der Waals surface area (Å²) in [5.41, 5.74) is 9.45. The average molecular weight is 294 g/mol. The van der Waals surface area contributed by atoms with Crippen LogP contribution in [0.25, 0.3) is 0 Å². The van der Waals surface area contributed by atoms with Crippen LogP contribution < -0.4 is 5.73 Å². The normalized spacial score (nSPS) is 16.7. The number of likely N-dealkylation sites (tertiary alicyclic amines) is 1. The molecule has 1 saturated heterocycles. The van der Waals surface area contributed by atoms with E-state index >= 15 is 0 Å². The maximum Gasteiger partial charge on any atom is 0.0314 e. The van der Waals surface area contributed by atoms with E-state index in [2.05, 4.69) is 47.4 Å². The Morgan fingerprint density at radius 1 is 0.864 bits per heavy atom. The summed E-state index contributed by atoms with van der Waals surface area (Å²) in [6, 6.07) is 19.2. The molecule has 2 aromatic rings. The molecule has 2 heteroatoms. The molecule has 0 aliphatic carbocycles. The van der Waals surface area contributed by atoms with E-state index in [9.17, 15) is 0 Å². The lowest BCUT2D eigenvalue weighted by Gasteiger charge is -2.32. The predicted molar refractivity (Wildman–Crippen MR) is 93.6 cm³/mol. The number of benzene rings is 2. The molecule has 2 N–H and O–H groups in total. The number of nitrogens with two attached hydrogens (primary N) is 1. The SMILES string of the molecule is Nc1ccc(CN2CCC(CCc3ccccc3)CC2)cc1. The van der Waals surface area contributed by atoms with Gasteiger partial charge < -0.3 is 5.73 Å². The van der Waals surface area contributed by atoms with Gasteiger partial charge in [-0.15, -0.1) is 0 Å². The highest BCUT2D eigenvalue weighted by Gasteiger charge is 2.18. The summed E-state index contributed by atoms with van der Waals surface area (Å²) >= 11 is 0. The van der Waals surface area contributed by atoms with Crippen LogP contribution in [0, 0.1) is 5.92 Å². The largest absolute Gasteiger partial charge is 0.399 e. The van der Waals surface area contributed by atoms with Gasteiger partial charge in [-0.25, -0.2) is 0 Å². The van der Waals surface area contributed by atoms with Crippen LogP contribution in [0.3, 0.4) is 0 Å². The summed E-state index contributed by atoms with van der Waals surface area (Å²) in [6.45, 7) is 3.51. The molecule has 2 aromatic carbocycles. The minimum atomic E-state index is 0.850. The van der Waals surface area contributed by atoms with Gasteiger partial charge in [0.15, 0.2) is 0 Å². The molecule has 0 bridgehead atoms. The molecule has 1 aliphatic heterocycles. The summed E-state index contributed by atoms with van der Waals surface area (Å²) in [5, 5.41) is 0. The zero-order chi connectivity index (χ0) is 15.2. The second-order valence-corrected chi connectivity index (χ2v) is 6.49. The van der Waals surface area contributed by atoms with E-state index in [1.165, 1.54) is 49.9 Å². The van der Waals surface area contributed by atoms with E-state index in [0.29, 0.717) is 0 Å². The molecule has 0 amide bonds. The summed E-state index contributed by atoms with van der Waals surface area (Å²) in [7, 11) is 0. The third-order valence-electron chi connectivity index (χ3n) is 4.78. The Morgan fingerprint density at radius 2 is 1.55 bits per heavy atom. The number of rotatable bonds is 5. The molecule has 1 heterocycles. The van der Waals surface area contributed by atoms with Crippen LogP contribution in [0.5, 0.6) is 0 Å². The average Bonchev–Trinajstić information content (AvgIpc) is 2.57. The maximum atomic E-state index is 5.75. The first-order chi connectivity index (χ1) is 10.8. The van der Waals surface area contributed by atoms with Gasteiger partial charge in [0.2, 0.25) is 0 Å². The van der Waals surface area contributed by atoms with Gasteiger partial charge in [0.05, 0.1) is 0 Å². The van der Waals surface area contributed by atoms with Crippen molar-refractivity contribution in [3.8, 4) is 0 Å². The lowest BCUT2D eigenvalue weighted by molar-refractivity contribution is 0.172. The van der Waals surface area contributed by atoms with Crippen molar-refractivity contribution in [3.05, 3.63) is 65.7 Å². The topological polar surface area (TPSA) is 29.3 Å². The fourth-order valence-electron chi connectivity index (χ4n) is 3.33. The van der Waals surface area contributed by atoms with Gasteiger partial charge in [0, 0.05) is 12.2 Å². The summed E-state index contributed by atoms with van der Waals surface area (Å²) < 4.78 is 0. The highest BCUT2D eigenvalue weighted by molar-refractivity contribution is 5.39. The van der Waals surface area contributed by atoms with E-state index in [-0.39, 0.29) is 0 Å². The van der Waals surface area contributed by atoms with Crippen molar-refractivity contribution >= 4 is 5.69 Å². The molecule has 0 saturated carbocycles. The molecule has 0 unspecified atom stereocenters. The third-order valence-corrected chi connectivity index (χ3v) is 4.78. The van der Waals surface area contributed by atoms with Gasteiger partial charge in [-0.05, 0) is 68.0 Å². The molecule has 0 radical (unpaired) electrons. The highest BCUT2D eigenvalue weighted by atomic mass is 15.1. The molecule has 1 fully saturated rings. The van der Waals surface area contributed by atoms with E-state index in [4.69, 9.17) is 5.73 Å². The van der Waals surface area contributed by atoms with Crippen LogP contribution in [0.4, 0.5) is 5.69 Å². The molecule has 3 rings (SSSR count). The Morgan fingerprint density at radius 3 is 2.23 bits per heavy atom. The molecular weight excluding hydrogens is 268 g/mol. The molecule has 1 aliphatic rings. The zero-order valence-corrected chi connectivity index (χ0v) is 13.2. The predicted octanol–water partition coefficient (Wildman–Crippen LogP) is 4.11. The smallest absolute Gasteiger partial charge is 0.0314 e. The molecule has 22 heavy (non-hydrogen) atoms. The Kier molecular flexibility index (Phi) is 5.12. The maximum absolute atomic E-state index is 5.75. The molecule has 0 spiro atoms. The lowest BCUT2D eigenvalue weighted by atomic mass is 9.90. The molecule has 0 aromatic heterocycles. The number of nitrogens with zero attached hydrogens (tertiary/aromatic N) is 1. The van der Waals surface area contributed by atoms with Crippen LogP contribution >= 0.6 is 0 Å². The van der Waals surface area contributed by atoms with Crippen LogP contribution in [0.1, 0.15) is 30.4 Å². The number of anilines is 1. The minimum absolute atomic E-state index is 0.850. The van der Waals surface area contributed by atoms with Crippen LogP contribution in [0.15, 0.2) is 54.6 Å². The van der Waals surface area contributed by atoms with E-state index in [1.807, 2.05) is 12.1 Å². The van der Waals surface area contributed by atoms with E-state index in [0.717, 1.165) is 18.2 Å². The Bertz CT molecular complexity index is 554. The standard InChI is InChI=1S/C20H26N2/c21-20-10-8-19(9-11-20)16-22-14-12-18(13-15-22)7-6-17-4-2-1-3-5-17/h1-5,8-11,18H,6-7,12-16,21H2. The first kappa shape index (κ1) is 15.1. The Labute approximate surface area is 134 Å². The summed E-state index contributed by atoms with van der Waals surface area (Å²) in [4.78, 5) is 2.57. The van der Waals surface area contributed by atoms with Crippen molar-refractivity contribution in [1.82, 2.24) is 4.90 Å². The van der Waals surface area contributed by atoms with Gasteiger partial charge in [-0.1, -0.05) is 42.5 Å². The van der Waals surface area contributed by atoms with Crippen LogP contribution in [-0.2, 0) is 13.0 Å². The second kappa shape index (κ2) is 7.46. The summed E-state index contributed by atoms with van der Waals surface area (Å²) in [6.07, 6.45) is 5.23. The fraction of sp³-hybridized carbons (Fsp3) is 0.400. The van der Waals surface area contributed by atoms with E-state index in [1.54, 1.807) is 0 Å². The Hall–Kier alpha value is -1.80. The fourth-order valence-corrected chi connectivity index (χ4v) is 3.33. The van der Waals surface area contributed by atoms with Gasteiger partial charge in [0.25, 0.3) is 0 Å². The first-order valence-corrected chi connectivity index (χ1v) is 8.40. The third kappa shape index (κ3) is 4.35. The first-order valence-electron chi connectivity index (χ1n) is 8.40. The molecular formula is C20H26N2.